The van der Waals surface area contributed by atoms with E-state index in [1.807, 2.05) is 54.3 Å². The monoisotopic (exact) mass is 446 g/mol. The van der Waals surface area contributed by atoms with Crippen molar-refractivity contribution in [1.29, 1.82) is 0 Å². The first-order chi connectivity index (χ1) is 15.6. The van der Waals surface area contributed by atoms with Gasteiger partial charge in [-0.2, -0.15) is 0 Å². The molecule has 7 nitrogen and oxygen atoms in total. The third kappa shape index (κ3) is 3.94. The number of methoxy groups -OCH3 is 1. The predicted octanol–water partition coefficient (Wildman–Crippen LogP) is 4.28. The average Bonchev–Trinajstić information content (AvgIpc) is 3.23. The lowest BCUT2D eigenvalue weighted by Crippen LogP contribution is -2.42. The maximum Gasteiger partial charge on any atom is 0.254 e. The van der Waals surface area contributed by atoms with Crippen LogP contribution < -0.4 is 4.74 Å². The number of carbonyl (C=O) groups is 1. The zero-order valence-electron chi connectivity index (χ0n) is 17.8. The normalized spacial score (nSPS) is 16.3. The standard InChI is InChI=1S/C24H22N4O3S/c1-15-27-19-7-6-17(13-21(19)32-15)24(29)28-10-11-31-20(14-28)23-22(25-8-9-26-23)16-4-3-5-18(12-16)30-2/h3-9,12-13,20H,10-11,14H2,1-2H3. The Labute approximate surface area is 189 Å². The van der Waals surface area contributed by atoms with Gasteiger partial charge in [-0.15, -0.1) is 11.3 Å². The van der Waals surface area contributed by atoms with E-state index in [-0.39, 0.29) is 12.0 Å². The number of benzene rings is 2. The summed E-state index contributed by atoms with van der Waals surface area (Å²) in [7, 11) is 1.63. The minimum Gasteiger partial charge on any atom is -0.497 e. The zero-order chi connectivity index (χ0) is 22.1. The van der Waals surface area contributed by atoms with Crippen LogP contribution in [0.15, 0.2) is 54.9 Å². The highest BCUT2D eigenvalue weighted by atomic mass is 32.1. The van der Waals surface area contributed by atoms with Crippen molar-refractivity contribution < 1.29 is 14.3 Å². The molecule has 0 aliphatic carbocycles. The number of thiazole rings is 1. The molecule has 4 aromatic rings. The largest absolute Gasteiger partial charge is 0.497 e. The summed E-state index contributed by atoms with van der Waals surface area (Å²) in [4.78, 5) is 28.7. The van der Waals surface area contributed by atoms with Gasteiger partial charge >= 0.3 is 0 Å². The molecule has 0 N–H and O–H groups in total. The summed E-state index contributed by atoms with van der Waals surface area (Å²) >= 11 is 1.60. The third-order valence-electron chi connectivity index (χ3n) is 5.47. The van der Waals surface area contributed by atoms with Crippen molar-refractivity contribution in [1.82, 2.24) is 19.9 Å². The van der Waals surface area contributed by atoms with Gasteiger partial charge < -0.3 is 14.4 Å². The number of fused-ring (bicyclic) bond motifs is 1. The van der Waals surface area contributed by atoms with Crippen LogP contribution in [0.3, 0.4) is 0 Å². The molecule has 0 bridgehead atoms. The minimum absolute atomic E-state index is 0.0157. The van der Waals surface area contributed by atoms with Crippen molar-refractivity contribution in [3.63, 3.8) is 0 Å². The number of ether oxygens (including phenoxy) is 2. The van der Waals surface area contributed by atoms with Crippen molar-refractivity contribution in [3.8, 4) is 17.0 Å². The number of nitrogens with zero attached hydrogens (tertiary/aromatic N) is 4. The quantitative estimate of drug-likeness (QED) is 0.466. The molecule has 0 radical (unpaired) electrons. The SMILES string of the molecule is COc1cccc(-c2nccnc2C2CN(C(=O)c3ccc4nc(C)sc4c3)CCO2)c1. The second-order valence-corrected chi connectivity index (χ2v) is 8.78. The van der Waals surface area contributed by atoms with Crippen LogP contribution in [0.5, 0.6) is 5.75 Å². The maximum absolute atomic E-state index is 13.3. The molecule has 1 fully saturated rings. The summed E-state index contributed by atoms with van der Waals surface area (Å²) in [6, 6.07) is 13.4. The van der Waals surface area contributed by atoms with E-state index in [1.165, 1.54) is 0 Å². The predicted molar refractivity (Wildman–Crippen MR) is 123 cm³/mol. The minimum atomic E-state index is -0.364. The lowest BCUT2D eigenvalue weighted by Gasteiger charge is -2.33. The van der Waals surface area contributed by atoms with E-state index in [4.69, 9.17) is 9.47 Å². The third-order valence-corrected chi connectivity index (χ3v) is 6.40. The summed E-state index contributed by atoms with van der Waals surface area (Å²) in [5.41, 5.74) is 3.92. The highest BCUT2D eigenvalue weighted by molar-refractivity contribution is 7.18. The molecular weight excluding hydrogens is 424 g/mol. The van der Waals surface area contributed by atoms with Crippen LogP contribution in [-0.2, 0) is 4.74 Å². The van der Waals surface area contributed by atoms with Crippen LogP contribution in [0.25, 0.3) is 21.5 Å². The Balaban J connectivity index is 1.42. The number of hydrogen-bond donors (Lipinski definition) is 0. The number of carbonyl (C=O) groups excluding carboxylic acids is 1. The number of aromatic nitrogens is 3. The van der Waals surface area contributed by atoms with Gasteiger partial charge in [0.2, 0.25) is 0 Å². The molecule has 1 atom stereocenters. The van der Waals surface area contributed by atoms with Gasteiger partial charge in [0, 0.05) is 30.1 Å². The van der Waals surface area contributed by atoms with E-state index < -0.39 is 0 Å². The van der Waals surface area contributed by atoms with Crippen molar-refractivity contribution in [2.45, 2.75) is 13.0 Å². The van der Waals surface area contributed by atoms with Gasteiger partial charge in [-0.25, -0.2) is 4.98 Å². The topological polar surface area (TPSA) is 77.4 Å². The van der Waals surface area contributed by atoms with E-state index in [9.17, 15) is 4.79 Å². The first-order valence-corrected chi connectivity index (χ1v) is 11.2. The van der Waals surface area contributed by atoms with Gasteiger partial charge in [0.15, 0.2) is 0 Å². The van der Waals surface area contributed by atoms with Crippen LogP contribution in [0.2, 0.25) is 0 Å². The molecule has 1 unspecified atom stereocenters. The van der Waals surface area contributed by atoms with Gasteiger partial charge in [-0.05, 0) is 37.3 Å². The molecule has 0 saturated carbocycles. The Morgan fingerprint density at radius 3 is 2.94 bits per heavy atom. The Morgan fingerprint density at radius 2 is 2.06 bits per heavy atom. The van der Waals surface area contributed by atoms with E-state index in [0.29, 0.717) is 31.0 Å². The van der Waals surface area contributed by atoms with Gasteiger partial charge in [0.05, 0.1) is 46.9 Å². The first-order valence-electron chi connectivity index (χ1n) is 10.4. The molecule has 32 heavy (non-hydrogen) atoms. The van der Waals surface area contributed by atoms with Crippen molar-refractivity contribution in [3.05, 3.63) is 71.1 Å². The summed E-state index contributed by atoms with van der Waals surface area (Å²) in [5, 5.41) is 0.990. The Bertz CT molecular complexity index is 1290. The molecule has 3 heterocycles. The van der Waals surface area contributed by atoms with Gasteiger partial charge in [0.1, 0.15) is 11.9 Å². The molecule has 5 rings (SSSR count). The Hall–Kier alpha value is -3.36. The lowest BCUT2D eigenvalue weighted by atomic mass is 10.0. The van der Waals surface area contributed by atoms with Gasteiger partial charge in [-0.3, -0.25) is 14.8 Å². The number of rotatable bonds is 4. The molecule has 1 aliphatic rings. The number of hydrogen-bond acceptors (Lipinski definition) is 7. The fourth-order valence-corrected chi connectivity index (χ4v) is 4.80. The average molecular weight is 447 g/mol. The van der Waals surface area contributed by atoms with E-state index in [0.717, 1.165) is 32.2 Å². The van der Waals surface area contributed by atoms with Crippen molar-refractivity contribution in [2.24, 2.45) is 0 Å². The smallest absolute Gasteiger partial charge is 0.254 e. The van der Waals surface area contributed by atoms with Gasteiger partial charge in [-0.1, -0.05) is 12.1 Å². The second kappa shape index (κ2) is 8.64. The van der Waals surface area contributed by atoms with E-state index in [2.05, 4.69) is 15.0 Å². The summed E-state index contributed by atoms with van der Waals surface area (Å²) in [6.07, 6.45) is 2.96. The highest BCUT2D eigenvalue weighted by Crippen LogP contribution is 2.31. The summed E-state index contributed by atoms with van der Waals surface area (Å²) in [5.74, 6) is 0.729. The molecule has 2 aromatic heterocycles. The van der Waals surface area contributed by atoms with Crippen molar-refractivity contribution >= 4 is 27.5 Å². The fraction of sp³-hybridized carbons (Fsp3) is 0.250. The van der Waals surface area contributed by atoms with Crippen LogP contribution in [0.4, 0.5) is 0 Å². The summed E-state index contributed by atoms with van der Waals surface area (Å²) in [6.45, 7) is 3.35. The molecule has 8 heteroatoms. The van der Waals surface area contributed by atoms with Crippen LogP contribution >= 0.6 is 11.3 Å². The van der Waals surface area contributed by atoms with Crippen LogP contribution in [-0.4, -0.2) is 52.6 Å². The summed E-state index contributed by atoms with van der Waals surface area (Å²) < 4.78 is 12.4. The number of morpholine rings is 1. The second-order valence-electron chi connectivity index (χ2n) is 7.55. The zero-order valence-corrected chi connectivity index (χ0v) is 18.6. The molecule has 0 spiro atoms. The Kier molecular flexibility index (Phi) is 5.55. The number of aryl methyl sites for hydroxylation is 1. The van der Waals surface area contributed by atoms with E-state index in [1.54, 1.807) is 30.8 Å². The molecule has 1 aliphatic heterocycles. The van der Waals surface area contributed by atoms with Crippen molar-refractivity contribution in [2.75, 3.05) is 26.8 Å². The molecule has 162 valence electrons. The molecule has 1 saturated heterocycles. The van der Waals surface area contributed by atoms with Gasteiger partial charge in [0.25, 0.3) is 5.91 Å². The van der Waals surface area contributed by atoms with Crippen LogP contribution in [0.1, 0.15) is 27.2 Å². The molecule has 1 amide bonds. The maximum atomic E-state index is 13.3. The number of amides is 1. The highest BCUT2D eigenvalue weighted by Gasteiger charge is 2.29. The van der Waals surface area contributed by atoms with E-state index >= 15 is 0 Å². The molecule has 2 aromatic carbocycles. The van der Waals surface area contributed by atoms with Crippen LogP contribution in [0, 0.1) is 6.92 Å². The fourth-order valence-electron chi connectivity index (χ4n) is 3.93. The lowest BCUT2D eigenvalue weighted by molar-refractivity contribution is -0.0245. The Morgan fingerprint density at radius 1 is 1.19 bits per heavy atom. The molecular formula is C24H22N4O3S. The first kappa shape index (κ1) is 20.5.